The van der Waals surface area contributed by atoms with Gasteiger partial charge in [0, 0.05) is 11.4 Å². The van der Waals surface area contributed by atoms with Gasteiger partial charge in [-0.3, -0.25) is 19.7 Å². The number of hydrogen-bond acceptors (Lipinski definition) is 3. The molecule has 0 radical (unpaired) electrons. The highest BCUT2D eigenvalue weighted by molar-refractivity contribution is 6.30. The van der Waals surface area contributed by atoms with Gasteiger partial charge in [0.15, 0.2) is 0 Å². The van der Waals surface area contributed by atoms with Crippen molar-refractivity contribution in [1.29, 1.82) is 0 Å². The van der Waals surface area contributed by atoms with Gasteiger partial charge in [-0.15, -0.1) is 0 Å². The van der Waals surface area contributed by atoms with Gasteiger partial charge < -0.3 is 5.32 Å². The lowest BCUT2D eigenvalue weighted by molar-refractivity contribution is -0.137. The van der Waals surface area contributed by atoms with Gasteiger partial charge in [0.05, 0.1) is 6.42 Å². The number of benzene rings is 1. The number of rotatable bonds is 3. The molecule has 1 heterocycles. The first-order chi connectivity index (χ1) is 9.04. The standard InChI is InChI=1S/C13H13ClN2O3/c14-9-3-1-8(2-4-9)7-12(18)15-10-5-6-11(17)16-13(10)19/h1-4,10H,5-7H2,(H,15,18)(H,16,17,19)/t10-/m0/s1. The molecule has 6 heteroatoms. The van der Waals surface area contributed by atoms with Crippen LogP contribution in [-0.2, 0) is 20.8 Å². The number of carbonyl (C=O) groups excluding carboxylic acids is 3. The van der Waals surface area contributed by atoms with Gasteiger partial charge >= 0.3 is 0 Å². The van der Waals surface area contributed by atoms with Crippen molar-refractivity contribution in [3.8, 4) is 0 Å². The van der Waals surface area contributed by atoms with Crippen molar-refractivity contribution < 1.29 is 14.4 Å². The molecule has 5 nitrogen and oxygen atoms in total. The fraction of sp³-hybridized carbons (Fsp3) is 0.308. The molecule has 0 bridgehead atoms. The van der Waals surface area contributed by atoms with Gasteiger partial charge in [-0.25, -0.2) is 0 Å². The maximum absolute atomic E-state index is 11.8. The van der Waals surface area contributed by atoms with E-state index in [1.165, 1.54) is 0 Å². The lowest BCUT2D eigenvalue weighted by Crippen LogP contribution is -2.52. The maximum atomic E-state index is 11.8. The number of hydrogen-bond donors (Lipinski definition) is 2. The summed E-state index contributed by atoms with van der Waals surface area (Å²) in [7, 11) is 0. The monoisotopic (exact) mass is 280 g/mol. The predicted molar refractivity (Wildman–Crippen MR) is 69.5 cm³/mol. The molecule has 19 heavy (non-hydrogen) atoms. The molecular weight excluding hydrogens is 268 g/mol. The van der Waals surface area contributed by atoms with E-state index in [0.717, 1.165) is 5.56 Å². The van der Waals surface area contributed by atoms with Gasteiger partial charge in [-0.1, -0.05) is 23.7 Å². The van der Waals surface area contributed by atoms with Crippen molar-refractivity contribution in [2.45, 2.75) is 25.3 Å². The molecule has 1 aromatic carbocycles. The van der Waals surface area contributed by atoms with Crippen LogP contribution < -0.4 is 10.6 Å². The smallest absolute Gasteiger partial charge is 0.249 e. The Kier molecular flexibility index (Phi) is 4.16. The van der Waals surface area contributed by atoms with E-state index < -0.39 is 11.9 Å². The molecular formula is C13H13ClN2O3. The van der Waals surface area contributed by atoms with Crippen LogP contribution in [0.3, 0.4) is 0 Å². The summed E-state index contributed by atoms with van der Waals surface area (Å²) in [5.74, 6) is -0.995. The Morgan fingerprint density at radius 3 is 2.63 bits per heavy atom. The Morgan fingerprint density at radius 2 is 2.00 bits per heavy atom. The van der Waals surface area contributed by atoms with Gasteiger partial charge in [0.25, 0.3) is 0 Å². The number of amides is 3. The van der Waals surface area contributed by atoms with E-state index in [1.54, 1.807) is 24.3 Å². The van der Waals surface area contributed by atoms with Crippen LogP contribution in [0.4, 0.5) is 0 Å². The summed E-state index contributed by atoms with van der Waals surface area (Å²) in [5, 5.41) is 5.42. The highest BCUT2D eigenvalue weighted by atomic mass is 35.5. The first-order valence-corrected chi connectivity index (χ1v) is 6.30. The van der Waals surface area contributed by atoms with Crippen LogP contribution in [0.2, 0.25) is 5.02 Å². The third kappa shape index (κ3) is 3.79. The third-order valence-electron chi connectivity index (χ3n) is 2.85. The quantitative estimate of drug-likeness (QED) is 0.805. The molecule has 2 N–H and O–H groups in total. The average molecular weight is 281 g/mol. The number of carbonyl (C=O) groups is 3. The molecule has 1 saturated heterocycles. The van der Waals surface area contributed by atoms with E-state index in [-0.39, 0.29) is 24.7 Å². The lowest BCUT2D eigenvalue weighted by Gasteiger charge is -2.21. The minimum atomic E-state index is -0.627. The van der Waals surface area contributed by atoms with Crippen molar-refractivity contribution >= 4 is 29.3 Å². The summed E-state index contributed by atoms with van der Waals surface area (Å²) < 4.78 is 0. The number of imide groups is 1. The Hall–Kier alpha value is -1.88. The fourth-order valence-electron chi connectivity index (χ4n) is 1.86. The third-order valence-corrected chi connectivity index (χ3v) is 3.10. The van der Waals surface area contributed by atoms with E-state index in [1.807, 2.05) is 0 Å². The molecule has 100 valence electrons. The number of piperidine rings is 1. The van der Waals surface area contributed by atoms with Crippen molar-refractivity contribution in [2.75, 3.05) is 0 Å². The predicted octanol–water partition coefficient (Wildman–Crippen LogP) is 0.804. The van der Waals surface area contributed by atoms with E-state index >= 15 is 0 Å². The Labute approximate surface area is 115 Å². The highest BCUT2D eigenvalue weighted by Crippen LogP contribution is 2.10. The maximum Gasteiger partial charge on any atom is 0.249 e. The van der Waals surface area contributed by atoms with Gasteiger partial charge in [0.2, 0.25) is 17.7 Å². The van der Waals surface area contributed by atoms with Gasteiger partial charge in [0.1, 0.15) is 6.04 Å². The zero-order chi connectivity index (χ0) is 13.8. The molecule has 1 fully saturated rings. The molecule has 1 aliphatic rings. The van der Waals surface area contributed by atoms with E-state index in [9.17, 15) is 14.4 Å². The molecule has 1 atom stereocenters. The van der Waals surface area contributed by atoms with Crippen molar-refractivity contribution in [1.82, 2.24) is 10.6 Å². The van der Waals surface area contributed by atoms with Crippen LogP contribution in [0.25, 0.3) is 0 Å². The summed E-state index contributed by atoms with van der Waals surface area (Å²) in [6.45, 7) is 0. The lowest BCUT2D eigenvalue weighted by atomic mass is 10.1. The molecule has 0 aliphatic carbocycles. The van der Waals surface area contributed by atoms with E-state index in [2.05, 4.69) is 10.6 Å². The SMILES string of the molecule is O=C1CC[C@H](NC(=O)Cc2ccc(Cl)cc2)C(=O)N1. The summed E-state index contributed by atoms with van der Waals surface area (Å²) in [5.41, 5.74) is 0.814. The second-order valence-electron chi connectivity index (χ2n) is 4.37. The normalized spacial score (nSPS) is 18.9. The molecule has 3 amide bonds. The Morgan fingerprint density at radius 1 is 1.32 bits per heavy atom. The van der Waals surface area contributed by atoms with E-state index in [4.69, 9.17) is 11.6 Å². The molecule has 0 saturated carbocycles. The van der Waals surface area contributed by atoms with Crippen LogP contribution in [0.5, 0.6) is 0 Å². The van der Waals surface area contributed by atoms with Crippen LogP contribution in [0.1, 0.15) is 18.4 Å². The summed E-state index contributed by atoms with van der Waals surface area (Å²) in [6, 6.07) is 6.29. The average Bonchev–Trinajstić information content (AvgIpc) is 2.36. The largest absolute Gasteiger partial charge is 0.344 e. The molecule has 0 unspecified atom stereocenters. The number of nitrogens with one attached hydrogen (secondary N) is 2. The second kappa shape index (κ2) is 5.84. The van der Waals surface area contributed by atoms with Crippen LogP contribution in [0, 0.1) is 0 Å². The molecule has 0 aromatic heterocycles. The zero-order valence-electron chi connectivity index (χ0n) is 10.1. The first-order valence-electron chi connectivity index (χ1n) is 5.92. The van der Waals surface area contributed by atoms with Crippen LogP contribution in [-0.4, -0.2) is 23.8 Å². The second-order valence-corrected chi connectivity index (χ2v) is 4.81. The summed E-state index contributed by atoms with van der Waals surface area (Å²) in [6.07, 6.45) is 0.767. The van der Waals surface area contributed by atoms with Crippen molar-refractivity contribution in [3.63, 3.8) is 0 Å². The highest BCUT2D eigenvalue weighted by Gasteiger charge is 2.27. The number of halogens is 1. The molecule has 0 spiro atoms. The van der Waals surface area contributed by atoms with Gasteiger partial charge in [-0.2, -0.15) is 0 Å². The van der Waals surface area contributed by atoms with E-state index in [0.29, 0.717) is 11.4 Å². The summed E-state index contributed by atoms with van der Waals surface area (Å²) >= 11 is 5.75. The minimum absolute atomic E-state index is 0.175. The molecule has 1 aliphatic heterocycles. The van der Waals surface area contributed by atoms with Crippen molar-refractivity contribution in [3.05, 3.63) is 34.9 Å². The Balaban J connectivity index is 1.89. The molecule has 2 rings (SSSR count). The fourth-order valence-corrected chi connectivity index (χ4v) is 1.99. The first kappa shape index (κ1) is 13.5. The van der Waals surface area contributed by atoms with Crippen LogP contribution in [0.15, 0.2) is 24.3 Å². The molecule has 1 aromatic rings. The van der Waals surface area contributed by atoms with Crippen molar-refractivity contribution in [2.24, 2.45) is 0 Å². The van der Waals surface area contributed by atoms with Gasteiger partial charge in [-0.05, 0) is 24.1 Å². The summed E-state index contributed by atoms with van der Waals surface area (Å²) in [4.78, 5) is 34.2. The van der Waals surface area contributed by atoms with Crippen LogP contribution >= 0.6 is 11.6 Å². The topological polar surface area (TPSA) is 75.3 Å². The zero-order valence-corrected chi connectivity index (χ0v) is 10.9. The Bertz CT molecular complexity index is 513. The minimum Gasteiger partial charge on any atom is -0.344 e.